The minimum atomic E-state index is 0.880. The van der Waals surface area contributed by atoms with Gasteiger partial charge < -0.3 is 5.32 Å². The van der Waals surface area contributed by atoms with Gasteiger partial charge in [0, 0.05) is 29.0 Å². The Hall–Kier alpha value is -0.230. The fraction of sp³-hybridized carbons (Fsp3) is 0.364. The standard InChI is InChI=1S/C11H13BrN2S2/c1-8-7-15-11(14-8)6-13-5-4-9-2-3-10(12)16-9/h2-3,7,13H,4-6H2,1H3. The van der Waals surface area contributed by atoms with Gasteiger partial charge in [-0.2, -0.15) is 0 Å². The highest BCUT2D eigenvalue weighted by Gasteiger charge is 1.99. The van der Waals surface area contributed by atoms with Gasteiger partial charge >= 0.3 is 0 Å². The van der Waals surface area contributed by atoms with Crippen LogP contribution in [0.2, 0.25) is 0 Å². The number of aromatic nitrogens is 1. The Balaban J connectivity index is 1.69. The molecule has 86 valence electrons. The molecule has 0 aliphatic heterocycles. The van der Waals surface area contributed by atoms with E-state index < -0.39 is 0 Å². The van der Waals surface area contributed by atoms with Gasteiger partial charge in [0.25, 0.3) is 0 Å². The molecule has 0 atom stereocenters. The number of nitrogens with zero attached hydrogens (tertiary/aromatic N) is 1. The predicted molar refractivity (Wildman–Crippen MR) is 74.3 cm³/mol. The highest BCUT2D eigenvalue weighted by molar-refractivity contribution is 9.11. The zero-order chi connectivity index (χ0) is 11.4. The molecule has 2 nitrogen and oxygen atoms in total. The third-order valence-electron chi connectivity index (χ3n) is 2.12. The van der Waals surface area contributed by atoms with E-state index in [-0.39, 0.29) is 0 Å². The van der Waals surface area contributed by atoms with Crippen LogP contribution in [-0.4, -0.2) is 11.5 Å². The average Bonchev–Trinajstić information content (AvgIpc) is 2.83. The minimum Gasteiger partial charge on any atom is -0.310 e. The first-order valence-corrected chi connectivity index (χ1v) is 7.59. The van der Waals surface area contributed by atoms with Crippen LogP contribution in [0.4, 0.5) is 0 Å². The molecule has 0 unspecified atom stereocenters. The van der Waals surface area contributed by atoms with Gasteiger partial charge in [0.05, 0.1) is 3.79 Å². The van der Waals surface area contributed by atoms with Gasteiger partial charge in [0.15, 0.2) is 0 Å². The van der Waals surface area contributed by atoms with Crippen LogP contribution in [0.15, 0.2) is 21.3 Å². The fourth-order valence-corrected chi connectivity index (χ4v) is 3.60. The number of rotatable bonds is 5. The zero-order valence-corrected chi connectivity index (χ0v) is 12.2. The Morgan fingerprint density at radius 1 is 1.44 bits per heavy atom. The first kappa shape index (κ1) is 12.2. The lowest BCUT2D eigenvalue weighted by atomic mass is 10.3. The van der Waals surface area contributed by atoms with E-state index in [0.29, 0.717) is 0 Å². The Labute approximate surface area is 112 Å². The lowest BCUT2D eigenvalue weighted by Gasteiger charge is -2.00. The second kappa shape index (κ2) is 5.91. The topological polar surface area (TPSA) is 24.9 Å². The molecular weight excluding hydrogens is 304 g/mol. The van der Waals surface area contributed by atoms with Crippen LogP contribution in [0.1, 0.15) is 15.6 Å². The van der Waals surface area contributed by atoms with Crippen molar-refractivity contribution in [2.24, 2.45) is 0 Å². The largest absolute Gasteiger partial charge is 0.310 e. The maximum atomic E-state index is 4.41. The van der Waals surface area contributed by atoms with Gasteiger partial charge in [0.1, 0.15) is 5.01 Å². The number of aryl methyl sites for hydroxylation is 1. The Bertz CT molecular complexity index is 408. The zero-order valence-electron chi connectivity index (χ0n) is 9.00. The molecule has 0 bridgehead atoms. The van der Waals surface area contributed by atoms with Crippen molar-refractivity contribution in [3.05, 3.63) is 36.9 Å². The van der Waals surface area contributed by atoms with Crippen LogP contribution in [-0.2, 0) is 13.0 Å². The highest BCUT2D eigenvalue weighted by atomic mass is 79.9. The first-order valence-electron chi connectivity index (χ1n) is 5.10. The molecule has 0 radical (unpaired) electrons. The van der Waals surface area contributed by atoms with E-state index in [0.717, 1.165) is 25.2 Å². The molecule has 2 heterocycles. The Kier molecular flexibility index (Phi) is 4.52. The molecule has 0 fully saturated rings. The number of nitrogens with one attached hydrogen (secondary N) is 1. The molecule has 16 heavy (non-hydrogen) atoms. The van der Waals surface area contributed by atoms with Crippen LogP contribution >= 0.6 is 38.6 Å². The SMILES string of the molecule is Cc1csc(CNCCc2ccc(Br)s2)n1. The molecular formula is C11H13BrN2S2. The van der Waals surface area contributed by atoms with Gasteiger partial charge in [-0.1, -0.05) is 0 Å². The predicted octanol–water partition coefficient (Wildman–Crippen LogP) is 3.61. The summed E-state index contributed by atoms with van der Waals surface area (Å²) in [6.45, 7) is 3.92. The van der Waals surface area contributed by atoms with Crippen molar-refractivity contribution in [1.29, 1.82) is 0 Å². The Morgan fingerprint density at radius 2 is 2.31 bits per heavy atom. The number of halogens is 1. The molecule has 0 aliphatic rings. The summed E-state index contributed by atoms with van der Waals surface area (Å²) < 4.78 is 1.21. The molecule has 2 rings (SSSR count). The van der Waals surface area contributed by atoms with Gasteiger partial charge in [0.2, 0.25) is 0 Å². The van der Waals surface area contributed by atoms with Crippen LogP contribution in [0, 0.1) is 6.92 Å². The van der Waals surface area contributed by atoms with Crippen molar-refractivity contribution in [2.75, 3.05) is 6.54 Å². The summed E-state index contributed by atoms with van der Waals surface area (Å²) in [6, 6.07) is 4.27. The first-order chi connectivity index (χ1) is 7.74. The lowest BCUT2D eigenvalue weighted by molar-refractivity contribution is 0.686. The molecule has 2 aromatic heterocycles. The van der Waals surface area contributed by atoms with Crippen LogP contribution in [0.3, 0.4) is 0 Å². The van der Waals surface area contributed by atoms with Crippen LogP contribution in [0.25, 0.3) is 0 Å². The van der Waals surface area contributed by atoms with Crippen molar-refractivity contribution >= 4 is 38.6 Å². The summed E-state index contributed by atoms with van der Waals surface area (Å²) in [6.07, 6.45) is 1.08. The van der Waals surface area contributed by atoms with Crippen LogP contribution in [0.5, 0.6) is 0 Å². The molecule has 1 N–H and O–H groups in total. The quantitative estimate of drug-likeness (QED) is 0.852. The second-order valence-corrected chi connectivity index (χ2v) is 7.01. The number of hydrogen-bond donors (Lipinski definition) is 1. The summed E-state index contributed by atoms with van der Waals surface area (Å²) in [7, 11) is 0. The summed E-state index contributed by atoms with van der Waals surface area (Å²) >= 11 is 6.99. The monoisotopic (exact) mass is 316 g/mol. The summed E-state index contributed by atoms with van der Waals surface area (Å²) in [5.74, 6) is 0. The molecule has 0 aliphatic carbocycles. The third-order valence-corrected chi connectivity index (χ3v) is 4.77. The van der Waals surface area contributed by atoms with Gasteiger partial charge in [-0.3, -0.25) is 0 Å². The van der Waals surface area contributed by atoms with E-state index >= 15 is 0 Å². The second-order valence-electron chi connectivity index (χ2n) is 3.52. The van der Waals surface area contributed by atoms with Crippen molar-refractivity contribution in [2.45, 2.75) is 19.9 Å². The molecule has 0 saturated carbocycles. The Morgan fingerprint density at radius 3 is 2.94 bits per heavy atom. The van der Waals surface area contributed by atoms with E-state index in [4.69, 9.17) is 0 Å². The maximum Gasteiger partial charge on any atom is 0.107 e. The lowest BCUT2D eigenvalue weighted by Crippen LogP contribution is -2.16. The highest BCUT2D eigenvalue weighted by Crippen LogP contribution is 2.22. The van der Waals surface area contributed by atoms with E-state index in [9.17, 15) is 0 Å². The summed E-state index contributed by atoms with van der Waals surface area (Å²) in [5.41, 5.74) is 1.11. The molecule has 5 heteroatoms. The average molecular weight is 317 g/mol. The van der Waals surface area contributed by atoms with Crippen molar-refractivity contribution in [3.63, 3.8) is 0 Å². The van der Waals surface area contributed by atoms with E-state index in [2.05, 4.69) is 43.7 Å². The normalized spacial score (nSPS) is 10.9. The van der Waals surface area contributed by atoms with E-state index in [1.54, 1.807) is 22.7 Å². The minimum absolute atomic E-state index is 0.880. The summed E-state index contributed by atoms with van der Waals surface area (Å²) in [5, 5.41) is 6.67. The fourth-order valence-electron chi connectivity index (χ4n) is 1.38. The van der Waals surface area contributed by atoms with E-state index in [1.165, 1.54) is 13.7 Å². The molecule has 0 saturated heterocycles. The maximum absolute atomic E-state index is 4.41. The van der Waals surface area contributed by atoms with Crippen LogP contribution < -0.4 is 5.32 Å². The smallest absolute Gasteiger partial charge is 0.107 e. The van der Waals surface area contributed by atoms with Gasteiger partial charge in [-0.25, -0.2) is 4.98 Å². The third kappa shape index (κ3) is 3.66. The van der Waals surface area contributed by atoms with Crippen molar-refractivity contribution in [3.8, 4) is 0 Å². The van der Waals surface area contributed by atoms with Gasteiger partial charge in [-0.05, 0) is 41.4 Å². The van der Waals surface area contributed by atoms with E-state index in [1.807, 2.05) is 6.92 Å². The van der Waals surface area contributed by atoms with Crippen molar-refractivity contribution in [1.82, 2.24) is 10.3 Å². The molecule has 2 aromatic rings. The summed E-state index contributed by atoms with van der Waals surface area (Å²) in [4.78, 5) is 5.82. The number of thiophene rings is 1. The molecule has 0 amide bonds. The van der Waals surface area contributed by atoms with Gasteiger partial charge in [-0.15, -0.1) is 22.7 Å². The molecule has 0 spiro atoms. The number of hydrogen-bond acceptors (Lipinski definition) is 4. The van der Waals surface area contributed by atoms with Crippen molar-refractivity contribution < 1.29 is 0 Å². The molecule has 0 aromatic carbocycles. The number of thiazole rings is 1.